The number of nitrogens with one attached hydrogen (secondary N) is 2. The number of aliphatic imine (C=N–C) groups is 1. The molecule has 2 N–H and O–H groups in total. The van der Waals surface area contributed by atoms with E-state index >= 15 is 0 Å². The number of nitrogens with zero attached hydrogens (tertiary/aromatic N) is 2. The van der Waals surface area contributed by atoms with E-state index in [1.165, 1.54) is 19.3 Å². The van der Waals surface area contributed by atoms with Gasteiger partial charge in [-0.15, -0.1) is 0 Å². The van der Waals surface area contributed by atoms with Crippen LogP contribution in [-0.2, 0) is 0 Å². The lowest BCUT2D eigenvalue weighted by Gasteiger charge is -2.29. The van der Waals surface area contributed by atoms with Crippen LogP contribution in [-0.4, -0.2) is 51.6 Å². The minimum absolute atomic E-state index is 0.241. The summed E-state index contributed by atoms with van der Waals surface area (Å²) in [7, 11) is 6.05. The Labute approximate surface area is 113 Å². The molecule has 4 heteroatoms. The molecule has 0 bridgehead atoms. The van der Waals surface area contributed by atoms with E-state index in [1.807, 2.05) is 7.05 Å². The molecule has 0 atom stereocenters. The zero-order valence-corrected chi connectivity index (χ0v) is 13.1. The van der Waals surface area contributed by atoms with E-state index in [1.54, 1.807) is 0 Å². The van der Waals surface area contributed by atoms with Gasteiger partial charge in [0.1, 0.15) is 0 Å². The second-order valence-corrected chi connectivity index (χ2v) is 5.96. The quantitative estimate of drug-likeness (QED) is 0.396. The third-order valence-electron chi connectivity index (χ3n) is 2.78. The van der Waals surface area contributed by atoms with Crippen LogP contribution < -0.4 is 10.6 Å². The standard InChI is InChI=1S/C14H32N4/c1-7-8-9-10-16-13(15-4)17-11-14(2,3)12-18(5)6/h7-12H2,1-6H3,(H2,15,16,17). The van der Waals surface area contributed by atoms with Crippen LogP contribution in [0.3, 0.4) is 0 Å². The molecular formula is C14H32N4. The summed E-state index contributed by atoms with van der Waals surface area (Å²) >= 11 is 0. The highest BCUT2D eigenvalue weighted by Crippen LogP contribution is 2.13. The highest BCUT2D eigenvalue weighted by Gasteiger charge is 2.18. The van der Waals surface area contributed by atoms with Crippen LogP contribution >= 0.6 is 0 Å². The van der Waals surface area contributed by atoms with Crippen molar-refractivity contribution in [3.63, 3.8) is 0 Å². The molecule has 18 heavy (non-hydrogen) atoms. The smallest absolute Gasteiger partial charge is 0.190 e. The lowest BCUT2D eigenvalue weighted by molar-refractivity contribution is 0.241. The first kappa shape index (κ1) is 17.2. The lowest BCUT2D eigenvalue weighted by Crippen LogP contribution is -2.45. The molecule has 0 unspecified atom stereocenters. The molecule has 0 aromatic rings. The Morgan fingerprint density at radius 1 is 1.17 bits per heavy atom. The van der Waals surface area contributed by atoms with E-state index in [0.29, 0.717) is 0 Å². The molecule has 0 saturated heterocycles. The van der Waals surface area contributed by atoms with Gasteiger partial charge in [0.25, 0.3) is 0 Å². The van der Waals surface area contributed by atoms with Crippen molar-refractivity contribution in [3.05, 3.63) is 0 Å². The van der Waals surface area contributed by atoms with E-state index in [-0.39, 0.29) is 5.41 Å². The summed E-state index contributed by atoms with van der Waals surface area (Å²) in [6.45, 7) is 9.75. The number of guanidine groups is 1. The van der Waals surface area contributed by atoms with Crippen molar-refractivity contribution in [1.29, 1.82) is 0 Å². The van der Waals surface area contributed by atoms with Gasteiger partial charge in [0.05, 0.1) is 0 Å². The third kappa shape index (κ3) is 9.28. The highest BCUT2D eigenvalue weighted by molar-refractivity contribution is 5.79. The first-order chi connectivity index (χ1) is 8.41. The summed E-state index contributed by atoms with van der Waals surface area (Å²) in [4.78, 5) is 6.47. The number of hydrogen-bond acceptors (Lipinski definition) is 2. The predicted molar refractivity (Wildman–Crippen MR) is 81.2 cm³/mol. The van der Waals surface area contributed by atoms with Crippen molar-refractivity contribution in [2.24, 2.45) is 10.4 Å². The van der Waals surface area contributed by atoms with Crippen LogP contribution in [0.15, 0.2) is 4.99 Å². The van der Waals surface area contributed by atoms with Gasteiger partial charge in [0, 0.05) is 26.7 Å². The van der Waals surface area contributed by atoms with Gasteiger partial charge in [-0.1, -0.05) is 33.6 Å². The van der Waals surface area contributed by atoms with Crippen molar-refractivity contribution >= 4 is 5.96 Å². The van der Waals surface area contributed by atoms with Crippen LogP contribution in [0, 0.1) is 5.41 Å². The summed E-state index contributed by atoms with van der Waals surface area (Å²) in [6, 6.07) is 0. The average Bonchev–Trinajstić information content (AvgIpc) is 2.26. The minimum Gasteiger partial charge on any atom is -0.356 e. The predicted octanol–water partition coefficient (Wildman–Crippen LogP) is 1.93. The molecule has 0 aliphatic carbocycles. The lowest BCUT2D eigenvalue weighted by atomic mass is 9.93. The molecule has 0 saturated carbocycles. The first-order valence-electron chi connectivity index (χ1n) is 7.00. The van der Waals surface area contributed by atoms with Crippen molar-refractivity contribution in [3.8, 4) is 0 Å². The van der Waals surface area contributed by atoms with Crippen LogP contribution in [0.5, 0.6) is 0 Å². The van der Waals surface area contributed by atoms with E-state index in [0.717, 1.165) is 25.6 Å². The summed E-state index contributed by atoms with van der Waals surface area (Å²) in [6.07, 6.45) is 3.73. The molecular weight excluding hydrogens is 224 g/mol. The molecule has 4 nitrogen and oxygen atoms in total. The zero-order valence-electron chi connectivity index (χ0n) is 13.1. The first-order valence-corrected chi connectivity index (χ1v) is 7.00. The molecule has 0 aromatic heterocycles. The van der Waals surface area contributed by atoms with Crippen molar-refractivity contribution < 1.29 is 0 Å². The summed E-state index contributed by atoms with van der Waals surface area (Å²) in [5.74, 6) is 0.915. The van der Waals surface area contributed by atoms with Crippen molar-refractivity contribution in [2.75, 3.05) is 40.8 Å². The van der Waals surface area contributed by atoms with Gasteiger partial charge in [0.15, 0.2) is 5.96 Å². The Kier molecular flexibility index (Phi) is 8.81. The minimum atomic E-state index is 0.241. The largest absolute Gasteiger partial charge is 0.356 e. The van der Waals surface area contributed by atoms with E-state index in [9.17, 15) is 0 Å². The maximum atomic E-state index is 4.25. The SMILES string of the molecule is CCCCCNC(=NC)NCC(C)(C)CN(C)C. The Morgan fingerprint density at radius 2 is 1.83 bits per heavy atom. The molecule has 0 aliphatic rings. The summed E-state index contributed by atoms with van der Waals surface area (Å²) < 4.78 is 0. The molecule has 0 fully saturated rings. The van der Waals surface area contributed by atoms with Crippen LogP contribution in [0.4, 0.5) is 0 Å². The fourth-order valence-corrected chi connectivity index (χ4v) is 2.04. The molecule has 0 aromatic carbocycles. The Hall–Kier alpha value is -0.770. The van der Waals surface area contributed by atoms with Crippen molar-refractivity contribution in [1.82, 2.24) is 15.5 Å². The molecule has 0 radical (unpaired) electrons. The summed E-state index contributed by atoms with van der Waals surface area (Å²) in [5.41, 5.74) is 0.241. The molecule has 0 aliphatic heterocycles. The van der Waals surface area contributed by atoms with Gasteiger partial charge in [-0.2, -0.15) is 0 Å². The van der Waals surface area contributed by atoms with E-state index in [4.69, 9.17) is 0 Å². The zero-order chi connectivity index (χ0) is 14.0. The number of hydrogen-bond donors (Lipinski definition) is 2. The summed E-state index contributed by atoms with van der Waals surface area (Å²) in [5, 5.41) is 6.76. The van der Waals surface area contributed by atoms with Gasteiger partial charge in [0.2, 0.25) is 0 Å². The second kappa shape index (κ2) is 9.20. The van der Waals surface area contributed by atoms with Crippen LogP contribution in [0.1, 0.15) is 40.0 Å². The Bertz CT molecular complexity index is 234. The number of unbranched alkanes of at least 4 members (excludes halogenated alkanes) is 2. The number of rotatable bonds is 8. The topological polar surface area (TPSA) is 39.7 Å². The van der Waals surface area contributed by atoms with E-state index < -0.39 is 0 Å². The van der Waals surface area contributed by atoms with Gasteiger partial charge in [-0.25, -0.2) is 0 Å². The second-order valence-electron chi connectivity index (χ2n) is 5.96. The fourth-order valence-electron chi connectivity index (χ4n) is 2.04. The molecule has 0 amide bonds. The Morgan fingerprint density at radius 3 is 2.33 bits per heavy atom. The Balaban J connectivity index is 3.93. The van der Waals surface area contributed by atoms with E-state index in [2.05, 4.69) is 55.4 Å². The normalized spacial score (nSPS) is 12.9. The maximum absolute atomic E-state index is 4.25. The monoisotopic (exact) mass is 256 g/mol. The van der Waals surface area contributed by atoms with Gasteiger partial charge < -0.3 is 15.5 Å². The molecule has 108 valence electrons. The fraction of sp³-hybridized carbons (Fsp3) is 0.929. The maximum Gasteiger partial charge on any atom is 0.190 e. The average molecular weight is 256 g/mol. The molecule has 0 rings (SSSR count). The van der Waals surface area contributed by atoms with Gasteiger partial charge in [-0.05, 0) is 25.9 Å². The van der Waals surface area contributed by atoms with Crippen LogP contribution in [0.2, 0.25) is 0 Å². The highest BCUT2D eigenvalue weighted by atomic mass is 15.2. The van der Waals surface area contributed by atoms with Gasteiger partial charge in [-0.3, -0.25) is 4.99 Å². The molecule has 0 spiro atoms. The molecule has 0 heterocycles. The van der Waals surface area contributed by atoms with Crippen molar-refractivity contribution in [2.45, 2.75) is 40.0 Å². The van der Waals surface area contributed by atoms with Crippen LogP contribution in [0.25, 0.3) is 0 Å². The third-order valence-corrected chi connectivity index (χ3v) is 2.78. The van der Waals surface area contributed by atoms with Gasteiger partial charge >= 0.3 is 0 Å².